The standard InChI is InChI=1S/C34H60N10O14/c1-16(2)25(36)32(55)42-21(14-46)30(53)41-20(13-45)29(52)38-17(3)27(50)40-22(15-47)31(54)43-26(18(4)48)33(56)39-19(8-5-6-10-35)28(51)37-12-24(49)44-11-7-9-23(44)34(57)58/h16-23,25-26,45-48H,5-15,35-36H2,1-4H3,(H,37,51)(H,38,52)(H,39,56)(H,40,50)(H,41,53)(H,42,55)(H,43,54)(H,57,58)/t17-,18+,19-,20-,21-,22-,23-,25-,26-/m0/s1. The third kappa shape index (κ3) is 16.1. The van der Waals surface area contributed by atoms with E-state index < -0.39 is 134 Å². The highest BCUT2D eigenvalue weighted by atomic mass is 16.4. The molecule has 16 N–H and O–H groups in total. The zero-order valence-corrected chi connectivity index (χ0v) is 33.1. The minimum atomic E-state index is -1.75. The van der Waals surface area contributed by atoms with Crippen LogP contribution in [0.25, 0.3) is 0 Å². The van der Waals surface area contributed by atoms with E-state index in [1.54, 1.807) is 13.8 Å². The second-order valence-electron chi connectivity index (χ2n) is 14.1. The van der Waals surface area contributed by atoms with Crippen molar-refractivity contribution in [3.8, 4) is 0 Å². The molecular formula is C34H60N10O14. The molecule has 0 aromatic heterocycles. The summed E-state index contributed by atoms with van der Waals surface area (Å²) in [6.07, 6.45) is -0.0471. The number of carboxylic acid groups (broad SMARTS) is 1. The average molecular weight is 833 g/mol. The lowest BCUT2D eigenvalue weighted by Gasteiger charge is -2.27. The number of rotatable bonds is 25. The fourth-order valence-electron chi connectivity index (χ4n) is 5.49. The zero-order chi connectivity index (χ0) is 44.3. The SMILES string of the molecule is CC(C)[C@H](N)C(=O)N[C@@H](CO)C(=O)N[C@@H](CO)C(=O)N[C@@H](C)C(=O)N[C@@H](CO)C(=O)N[C@H](C(=O)N[C@@H](CCCCN)C(=O)NCC(=O)N1CCC[C@H]1C(=O)O)[C@@H](C)O. The summed E-state index contributed by atoms with van der Waals surface area (Å²) in [5.74, 6) is -9.13. The minimum Gasteiger partial charge on any atom is -0.480 e. The van der Waals surface area contributed by atoms with Crippen molar-refractivity contribution < 1.29 is 68.7 Å². The van der Waals surface area contributed by atoms with E-state index in [1.807, 2.05) is 0 Å². The van der Waals surface area contributed by atoms with Crippen molar-refractivity contribution in [3.63, 3.8) is 0 Å². The highest BCUT2D eigenvalue weighted by Crippen LogP contribution is 2.17. The Labute approximate surface area is 334 Å². The van der Waals surface area contributed by atoms with Crippen molar-refractivity contribution in [3.05, 3.63) is 0 Å². The molecule has 1 aliphatic rings. The van der Waals surface area contributed by atoms with Gasteiger partial charge in [-0.3, -0.25) is 38.4 Å². The molecule has 0 aromatic carbocycles. The number of carbonyl (C=O) groups is 9. The number of carbonyl (C=O) groups excluding carboxylic acids is 8. The first-order valence-electron chi connectivity index (χ1n) is 18.8. The Kier molecular flexibility index (Phi) is 22.3. The molecule has 1 rings (SSSR count). The van der Waals surface area contributed by atoms with Gasteiger partial charge in [0.25, 0.3) is 0 Å². The lowest BCUT2D eigenvalue weighted by molar-refractivity contribution is -0.148. The van der Waals surface area contributed by atoms with Crippen LogP contribution in [0.3, 0.4) is 0 Å². The summed E-state index contributed by atoms with van der Waals surface area (Å²) < 4.78 is 0. The second kappa shape index (κ2) is 25.4. The van der Waals surface area contributed by atoms with Crippen molar-refractivity contribution in [1.29, 1.82) is 0 Å². The van der Waals surface area contributed by atoms with Crippen LogP contribution in [0.2, 0.25) is 0 Å². The molecule has 9 atom stereocenters. The normalized spacial score (nSPS) is 17.9. The number of nitrogens with two attached hydrogens (primary N) is 2. The summed E-state index contributed by atoms with van der Waals surface area (Å²) in [5, 5.41) is 64.7. The number of aliphatic carboxylic acids is 1. The lowest BCUT2D eigenvalue weighted by atomic mass is 10.0. The molecule has 0 saturated carbocycles. The Morgan fingerprint density at radius 3 is 1.67 bits per heavy atom. The van der Waals surface area contributed by atoms with Gasteiger partial charge >= 0.3 is 5.97 Å². The molecule has 58 heavy (non-hydrogen) atoms. The van der Waals surface area contributed by atoms with Crippen molar-refractivity contribution in [2.75, 3.05) is 39.5 Å². The Balaban J connectivity index is 2.92. The first-order chi connectivity index (χ1) is 27.2. The van der Waals surface area contributed by atoms with Gasteiger partial charge in [-0.05, 0) is 58.4 Å². The number of amides is 8. The van der Waals surface area contributed by atoms with Crippen LogP contribution in [0.5, 0.6) is 0 Å². The van der Waals surface area contributed by atoms with Gasteiger partial charge in [-0.1, -0.05) is 13.8 Å². The van der Waals surface area contributed by atoms with E-state index in [2.05, 4.69) is 37.2 Å². The van der Waals surface area contributed by atoms with Gasteiger partial charge in [0.05, 0.1) is 38.5 Å². The van der Waals surface area contributed by atoms with E-state index in [1.165, 1.54) is 0 Å². The van der Waals surface area contributed by atoms with E-state index in [-0.39, 0.29) is 31.8 Å². The quantitative estimate of drug-likeness (QED) is 0.0380. The summed E-state index contributed by atoms with van der Waals surface area (Å²) in [7, 11) is 0. The number of aliphatic hydroxyl groups excluding tert-OH is 4. The fourth-order valence-corrected chi connectivity index (χ4v) is 5.49. The molecule has 330 valence electrons. The summed E-state index contributed by atoms with van der Waals surface area (Å²) in [6.45, 7) is 2.59. The molecule has 1 fully saturated rings. The predicted molar refractivity (Wildman–Crippen MR) is 201 cm³/mol. The molecule has 0 aliphatic carbocycles. The van der Waals surface area contributed by atoms with E-state index in [9.17, 15) is 68.7 Å². The molecule has 0 spiro atoms. The van der Waals surface area contributed by atoms with E-state index in [4.69, 9.17) is 11.5 Å². The Morgan fingerprint density at radius 2 is 1.17 bits per heavy atom. The van der Waals surface area contributed by atoms with Crippen molar-refractivity contribution in [2.45, 2.75) is 114 Å². The van der Waals surface area contributed by atoms with Gasteiger partial charge in [0.15, 0.2) is 0 Å². The minimum absolute atomic E-state index is 0.0240. The first-order valence-corrected chi connectivity index (χ1v) is 18.8. The van der Waals surface area contributed by atoms with Gasteiger partial charge in [0.2, 0.25) is 47.3 Å². The Bertz CT molecular complexity index is 1450. The average Bonchev–Trinajstić information content (AvgIpc) is 3.68. The van der Waals surface area contributed by atoms with Crippen LogP contribution in [0, 0.1) is 5.92 Å². The molecule has 1 heterocycles. The maximum Gasteiger partial charge on any atom is 0.326 e. The summed E-state index contributed by atoms with van der Waals surface area (Å²) in [6, 6.07) is -11.5. The number of carboxylic acids is 1. The second-order valence-corrected chi connectivity index (χ2v) is 14.1. The largest absolute Gasteiger partial charge is 0.480 e. The number of likely N-dealkylation sites (tertiary alicyclic amines) is 1. The van der Waals surface area contributed by atoms with Crippen LogP contribution in [0.15, 0.2) is 0 Å². The molecule has 24 heteroatoms. The van der Waals surface area contributed by atoms with Gasteiger partial charge in [0, 0.05) is 6.54 Å². The van der Waals surface area contributed by atoms with E-state index in [0.29, 0.717) is 19.3 Å². The van der Waals surface area contributed by atoms with Gasteiger partial charge < -0.3 is 79.1 Å². The van der Waals surface area contributed by atoms with Crippen LogP contribution >= 0.6 is 0 Å². The summed E-state index contributed by atoms with van der Waals surface area (Å²) >= 11 is 0. The van der Waals surface area contributed by atoms with Crippen LogP contribution in [0.1, 0.15) is 59.8 Å². The topological polar surface area (TPSA) is 394 Å². The van der Waals surface area contributed by atoms with Gasteiger partial charge in [0.1, 0.15) is 42.3 Å². The predicted octanol–water partition coefficient (Wildman–Crippen LogP) is -7.42. The smallest absolute Gasteiger partial charge is 0.326 e. The van der Waals surface area contributed by atoms with Crippen molar-refractivity contribution >= 4 is 53.2 Å². The Morgan fingerprint density at radius 1 is 0.672 bits per heavy atom. The molecule has 1 aliphatic heterocycles. The van der Waals surface area contributed by atoms with Gasteiger partial charge in [-0.15, -0.1) is 0 Å². The van der Waals surface area contributed by atoms with Crippen LogP contribution < -0.4 is 48.7 Å². The number of nitrogens with zero attached hydrogens (tertiary/aromatic N) is 1. The van der Waals surface area contributed by atoms with Crippen LogP contribution in [-0.2, 0) is 43.2 Å². The number of hydrogen-bond donors (Lipinski definition) is 14. The summed E-state index contributed by atoms with van der Waals surface area (Å²) in [5.41, 5.74) is 11.3. The molecule has 8 amide bonds. The van der Waals surface area contributed by atoms with Crippen LogP contribution in [-0.4, -0.2) is 178 Å². The maximum atomic E-state index is 13.3. The molecule has 0 bridgehead atoms. The fraction of sp³-hybridized carbons (Fsp3) is 0.735. The molecule has 0 radical (unpaired) electrons. The number of aliphatic hydroxyl groups is 4. The van der Waals surface area contributed by atoms with Gasteiger partial charge in [-0.25, -0.2) is 4.79 Å². The highest BCUT2D eigenvalue weighted by Gasteiger charge is 2.36. The zero-order valence-electron chi connectivity index (χ0n) is 33.1. The van der Waals surface area contributed by atoms with Crippen molar-refractivity contribution in [1.82, 2.24) is 42.1 Å². The molecule has 0 unspecified atom stereocenters. The third-order valence-corrected chi connectivity index (χ3v) is 9.13. The molecule has 1 saturated heterocycles. The Hall–Kier alpha value is -5.01. The number of hydrogen-bond acceptors (Lipinski definition) is 15. The lowest BCUT2D eigenvalue weighted by Crippen LogP contribution is -2.62. The van der Waals surface area contributed by atoms with E-state index >= 15 is 0 Å². The highest BCUT2D eigenvalue weighted by molar-refractivity contribution is 5.97. The number of nitrogens with one attached hydrogen (secondary N) is 7. The molecule has 24 nitrogen and oxygen atoms in total. The van der Waals surface area contributed by atoms with Crippen molar-refractivity contribution in [2.24, 2.45) is 17.4 Å². The summed E-state index contributed by atoms with van der Waals surface area (Å²) in [4.78, 5) is 115. The number of unbranched alkanes of at least 4 members (excludes halogenated alkanes) is 1. The van der Waals surface area contributed by atoms with E-state index in [0.717, 1.165) is 18.7 Å². The maximum absolute atomic E-state index is 13.3. The van der Waals surface area contributed by atoms with Crippen LogP contribution in [0.4, 0.5) is 0 Å². The molecule has 0 aromatic rings. The first kappa shape index (κ1) is 51.0. The monoisotopic (exact) mass is 832 g/mol. The third-order valence-electron chi connectivity index (χ3n) is 9.13. The van der Waals surface area contributed by atoms with Gasteiger partial charge in [-0.2, -0.15) is 0 Å². The molecular weight excluding hydrogens is 772 g/mol.